The second kappa shape index (κ2) is 7.81. The number of ether oxygens (including phenoxy) is 1. The zero-order chi connectivity index (χ0) is 14.2. The van der Waals surface area contributed by atoms with Gasteiger partial charge in [0.05, 0.1) is 6.61 Å². The fourth-order valence-corrected chi connectivity index (χ4v) is 2.17. The lowest BCUT2D eigenvalue weighted by molar-refractivity contribution is 0.218. The molecule has 0 saturated heterocycles. The molecule has 20 heavy (non-hydrogen) atoms. The van der Waals surface area contributed by atoms with E-state index in [1.54, 1.807) is 36.0 Å². The lowest BCUT2D eigenvalue weighted by Gasteiger charge is -2.08. The molecule has 2 aromatic rings. The van der Waals surface area contributed by atoms with Gasteiger partial charge in [0.1, 0.15) is 6.33 Å². The van der Waals surface area contributed by atoms with Crippen molar-refractivity contribution in [1.82, 2.24) is 24.5 Å². The first-order chi connectivity index (χ1) is 9.83. The molecule has 0 aromatic carbocycles. The van der Waals surface area contributed by atoms with Gasteiger partial charge in [0.2, 0.25) is 11.9 Å². The van der Waals surface area contributed by atoms with Gasteiger partial charge in [-0.1, -0.05) is 18.7 Å². The molecule has 0 aliphatic heterocycles. The summed E-state index contributed by atoms with van der Waals surface area (Å²) in [6.07, 6.45) is 6.18. The van der Waals surface area contributed by atoms with E-state index in [0.717, 1.165) is 18.7 Å². The summed E-state index contributed by atoms with van der Waals surface area (Å²) in [5.41, 5.74) is 0. The highest BCUT2D eigenvalue weighted by Gasteiger charge is 2.08. The normalized spacial score (nSPS) is 10.7. The first kappa shape index (κ1) is 14.7. The molecule has 0 unspecified atom stereocenters. The SMILES string of the molecule is CCCNc1nc(SCCOC)nc(-n2ccnc2)n1. The number of nitrogens with zero attached hydrogens (tertiary/aromatic N) is 5. The maximum atomic E-state index is 5.04. The Balaban J connectivity index is 2.19. The van der Waals surface area contributed by atoms with Crippen LogP contribution in [-0.2, 0) is 4.74 Å². The van der Waals surface area contributed by atoms with Crippen LogP contribution in [0.5, 0.6) is 0 Å². The van der Waals surface area contributed by atoms with Crippen molar-refractivity contribution >= 4 is 17.7 Å². The maximum absolute atomic E-state index is 5.04. The summed E-state index contributed by atoms with van der Waals surface area (Å²) < 4.78 is 6.80. The van der Waals surface area contributed by atoms with Crippen molar-refractivity contribution in [3.05, 3.63) is 18.7 Å². The number of anilines is 1. The third-order valence-electron chi connectivity index (χ3n) is 2.39. The van der Waals surface area contributed by atoms with E-state index in [1.807, 2.05) is 6.20 Å². The Morgan fingerprint density at radius 2 is 2.25 bits per heavy atom. The second-order valence-electron chi connectivity index (χ2n) is 3.98. The minimum absolute atomic E-state index is 0.566. The van der Waals surface area contributed by atoms with Crippen molar-refractivity contribution in [2.24, 2.45) is 0 Å². The Morgan fingerprint density at radius 1 is 1.35 bits per heavy atom. The summed E-state index contributed by atoms with van der Waals surface area (Å²) in [6, 6.07) is 0. The minimum atomic E-state index is 0.566. The van der Waals surface area contributed by atoms with Crippen LogP contribution < -0.4 is 5.32 Å². The van der Waals surface area contributed by atoms with E-state index in [2.05, 4.69) is 32.2 Å². The van der Waals surface area contributed by atoms with Crippen LogP contribution in [0.1, 0.15) is 13.3 Å². The Kier molecular flexibility index (Phi) is 5.75. The van der Waals surface area contributed by atoms with E-state index < -0.39 is 0 Å². The summed E-state index contributed by atoms with van der Waals surface area (Å²) in [4.78, 5) is 17.2. The quantitative estimate of drug-likeness (QED) is 0.585. The van der Waals surface area contributed by atoms with Crippen LogP contribution in [0.2, 0.25) is 0 Å². The van der Waals surface area contributed by atoms with Gasteiger partial charge in [-0.05, 0) is 6.42 Å². The van der Waals surface area contributed by atoms with Gasteiger partial charge in [-0.3, -0.25) is 4.57 Å². The molecule has 0 spiro atoms. The first-order valence-corrected chi connectivity index (χ1v) is 7.42. The monoisotopic (exact) mass is 294 g/mol. The third-order valence-corrected chi connectivity index (χ3v) is 3.20. The van der Waals surface area contributed by atoms with Crippen molar-refractivity contribution in [3.63, 3.8) is 0 Å². The van der Waals surface area contributed by atoms with E-state index in [0.29, 0.717) is 23.7 Å². The molecule has 0 bridgehead atoms. The van der Waals surface area contributed by atoms with Crippen molar-refractivity contribution in [2.45, 2.75) is 18.5 Å². The molecule has 0 aliphatic carbocycles. The van der Waals surface area contributed by atoms with Gasteiger partial charge in [-0.2, -0.15) is 15.0 Å². The summed E-state index contributed by atoms with van der Waals surface area (Å²) >= 11 is 1.54. The van der Waals surface area contributed by atoms with Crippen LogP contribution >= 0.6 is 11.8 Å². The molecule has 0 radical (unpaired) electrons. The number of imidazole rings is 1. The smallest absolute Gasteiger partial charge is 0.240 e. The molecule has 7 nitrogen and oxygen atoms in total. The van der Waals surface area contributed by atoms with Crippen LogP contribution in [0, 0.1) is 0 Å². The molecule has 0 aliphatic rings. The van der Waals surface area contributed by atoms with Crippen LogP contribution in [0.25, 0.3) is 5.95 Å². The zero-order valence-corrected chi connectivity index (χ0v) is 12.4. The minimum Gasteiger partial charge on any atom is -0.384 e. The molecule has 2 heterocycles. The highest BCUT2D eigenvalue weighted by molar-refractivity contribution is 7.99. The standard InChI is InChI=1S/C12H18N6OS/c1-3-4-14-10-15-11(18-6-5-13-9-18)17-12(16-10)20-8-7-19-2/h5-6,9H,3-4,7-8H2,1-2H3,(H,14,15,16,17). The van der Waals surface area contributed by atoms with Gasteiger partial charge >= 0.3 is 0 Å². The second-order valence-corrected chi connectivity index (χ2v) is 5.04. The van der Waals surface area contributed by atoms with Crippen molar-refractivity contribution in [1.29, 1.82) is 0 Å². The largest absolute Gasteiger partial charge is 0.384 e. The topological polar surface area (TPSA) is 77.8 Å². The molecule has 0 fully saturated rings. The van der Waals surface area contributed by atoms with Crippen molar-refractivity contribution < 1.29 is 4.74 Å². The predicted octanol–water partition coefficient (Wildman–Crippen LogP) is 1.62. The van der Waals surface area contributed by atoms with E-state index >= 15 is 0 Å². The fraction of sp³-hybridized carbons (Fsp3) is 0.500. The van der Waals surface area contributed by atoms with E-state index in [-0.39, 0.29) is 0 Å². The number of thioether (sulfide) groups is 1. The Hall–Kier alpha value is -1.67. The van der Waals surface area contributed by atoms with Gasteiger partial charge in [-0.15, -0.1) is 0 Å². The average molecular weight is 294 g/mol. The number of rotatable bonds is 8. The Bertz CT molecular complexity index is 519. The number of nitrogens with one attached hydrogen (secondary N) is 1. The molecule has 0 amide bonds. The molecular formula is C12H18N6OS. The lowest BCUT2D eigenvalue weighted by atomic mass is 10.5. The number of hydrogen-bond acceptors (Lipinski definition) is 7. The van der Waals surface area contributed by atoms with E-state index in [9.17, 15) is 0 Å². The van der Waals surface area contributed by atoms with Crippen molar-refractivity contribution in [2.75, 3.05) is 31.3 Å². The van der Waals surface area contributed by atoms with Crippen LogP contribution in [0.4, 0.5) is 5.95 Å². The predicted molar refractivity (Wildman–Crippen MR) is 78.3 cm³/mol. The molecule has 2 aromatic heterocycles. The molecule has 2 rings (SSSR count). The Labute approximate surface area is 122 Å². The Morgan fingerprint density at radius 3 is 2.95 bits per heavy atom. The van der Waals surface area contributed by atoms with Crippen LogP contribution in [-0.4, -0.2) is 50.5 Å². The first-order valence-electron chi connectivity index (χ1n) is 6.43. The molecule has 0 atom stereocenters. The lowest BCUT2D eigenvalue weighted by Crippen LogP contribution is -2.10. The van der Waals surface area contributed by atoms with Gasteiger partial charge in [0.25, 0.3) is 0 Å². The summed E-state index contributed by atoms with van der Waals surface area (Å²) in [6.45, 7) is 3.59. The number of methoxy groups -OCH3 is 1. The highest BCUT2D eigenvalue weighted by atomic mass is 32.2. The van der Waals surface area contributed by atoms with Gasteiger partial charge in [-0.25, -0.2) is 4.98 Å². The van der Waals surface area contributed by atoms with Crippen LogP contribution in [0.3, 0.4) is 0 Å². The van der Waals surface area contributed by atoms with Gasteiger partial charge in [0.15, 0.2) is 5.16 Å². The zero-order valence-electron chi connectivity index (χ0n) is 11.6. The van der Waals surface area contributed by atoms with Crippen LogP contribution in [0.15, 0.2) is 23.9 Å². The van der Waals surface area contributed by atoms with E-state index in [4.69, 9.17) is 4.74 Å². The summed E-state index contributed by atoms with van der Waals surface area (Å²) in [5.74, 6) is 1.96. The van der Waals surface area contributed by atoms with Gasteiger partial charge < -0.3 is 10.1 Å². The molecular weight excluding hydrogens is 276 g/mol. The molecule has 0 saturated carbocycles. The summed E-state index contributed by atoms with van der Waals surface area (Å²) in [5, 5.41) is 3.87. The number of hydrogen-bond donors (Lipinski definition) is 1. The number of aromatic nitrogens is 5. The third kappa shape index (κ3) is 4.17. The fourth-order valence-electron chi connectivity index (χ4n) is 1.44. The molecule has 1 N–H and O–H groups in total. The molecule has 108 valence electrons. The van der Waals surface area contributed by atoms with Gasteiger partial charge in [0, 0.05) is 31.8 Å². The highest BCUT2D eigenvalue weighted by Crippen LogP contribution is 2.16. The maximum Gasteiger partial charge on any atom is 0.240 e. The average Bonchev–Trinajstić information content (AvgIpc) is 2.99. The van der Waals surface area contributed by atoms with Crippen molar-refractivity contribution in [3.8, 4) is 5.95 Å². The summed E-state index contributed by atoms with van der Waals surface area (Å²) in [7, 11) is 1.68. The molecule has 8 heteroatoms. The van der Waals surface area contributed by atoms with E-state index in [1.165, 1.54) is 0 Å².